The number of Topliss-reactive ketones (excluding diaryl/α,β-unsaturated/α-hetero) is 1. The number of hydrogen-bond acceptors (Lipinski definition) is 3. The molecule has 0 bridgehead atoms. The standard InChI is InChI=1S/C8H11NO3.C2H6/c1-5-3-7(11)9(8(5)12)4-6(2)10;1-2/h5H,3-4H2,1-2H3;1-2H3. The molecule has 1 aliphatic heterocycles. The third kappa shape index (κ3) is 2.94. The molecule has 1 heterocycles. The SMILES string of the molecule is CC.CC(=O)CN1C(=O)CC(C)C1=O. The maximum Gasteiger partial charge on any atom is 0.232 e. The molecule has 2 amide bonds. The molecule has 0 aromatic rings. The number of hydrogen-bond donors (Lipinski definition) is 0. The molecule has 1 saturated heterocycles. The van der Waals surface area contributed by atoms with Gasteiger partial charge in [-0.25, -0.2) is 0 Å². The highest BCUT2D eigenvalue weighted by Gasteiger charge is 2.35. The van der Waals surface area contributed by atoms with Gasteiger partial charge in [0.1, 0.15) is 5.78 Å². The molecule has 1 fully saturated rings. The van der Waals surface area contributed by atoms with E-state index in [1.165, 1.54) is 6.92 Å². The first-order valence-corrected chi connectivity index (χ1v) is 4.86. The Morgan fingerprint density at radius 2 is 1.93 bits per heavy atom. The van der Waals surface area contributed by atoms with Crippen LogP contribution < -0.4 is 0 Å². The Morgan fingerprint density at radius 1 is 1.43 bits per heavy atom. The van der Waals surface area contributed by atoms with Gasteiger partial charge in [0, 0.05) is 12.3 Å². The number of likely N-dealkylation sites (tertiary alicyclic amines) is 1. The van der Waals surface area contributed by atoms with Crippen LogP contribution in [0.25, 0.3) is 0 Å². The fourth-order valence-corrected chi connectivity index (χ4v) is 1.24. The number of amides is 2. The summed E-state index contributed by atoms with van der Waals surface area (Å²) in [6.45, 7) is 6.99. The zero-order valence-corrected chi connectivity index (χ0v) is 9.16. The molecule has 0 saturated carbocycles. The minimum absolute atomic E-state index is 0.0675. The van der Waals surface area contributed by atoms with E-state index in [0.717, 1.165) is 4.90 Å². The average Bonchev–Trinajstić information content (AvgIpc) is 2.35. The molecule has 0 spiro atoms. The lowest BCUT2D eigenvalue weighted by Gasteiger charge is -2.10. The van der Waals surface area contributed by atoms with Crippen molar-refractivity contribution in [2.75, 3.05) is 6.54 Å². The average molecular weight is 199 g/mol. The number of carbonyl (C=O) groups is 3. The minimum Gasteiger partial charge on any atom is -0.298 e. The molecule has 0 radical (unpaired) electrons. The number of rotatable bonds is 2. The lowest BCUT2D eigenvalue weighted by molar-refractivity contribution is -0.142. The van der Waals surface area contributed by atoms with Crippen LogP contribution in [-0.2, 0) is 14.4 Å². The normalized spacial score (nSPS) is 20.6. The third-order valence-corrected chi connectivity index (χ3v) is 1.85. The number of imide groups is 1. The largest absolute Gasteiger partial charge is 0.298 e. The van der Waals surface area contributed by atoms with Crippen LogP contribution in [0.15, 0.2) is 0 Å². The van der Waals surface area contributed by atoms with Crippen LogP contribution in [0.1, 0.15) is 34.1 Å². The summed E-state index contributed by atoms with van der Waals surface area (Å²) in [5.41, 5.74) is 0. The topological polar surface area (TPSA) is 54.5 Å². The van der Waals surface area contributed by atoms with Crippen molar-refractivity contribution in [1.29, 1.82) is 0 Å². The summed E-state index contributed by atoms with van der Waals surface area (Å²) in [5.74, 6) is -0.874. The first-order chi connectivity index (χ1) is 6.52. The molecule has 1 atom stereocenters. The molecule has 4 nitrogen and oxygen atoms in total. The van der Waals surface area contributed by atoms with E-state index in [2.05, 4.69) is 0 Å². The predicted octanol–water partition coefficient (Wildman–Crippen LogP) is 0.997. The molecule has 1 unspecified atom stereocenters. The Morgan fingerprint density at radius 3 is 2.21 bits per heavy atom. The zero-order valence-electron chi connectivity index (χ0n) is 9.16. The van der Waals surface area contributed by atoms with E-state index in [1.807, 2.05) is 13.8 Å². The molecule has 4 heteroatoms. The Hall–Kier alpha value is -1.19. The molecule has 1 rings (SSSR count). The summed E-state index contributed by atoms with van der Waals surface area (Å²) in [6.07, 6.45) is 0.242. The monoisotopic (exact) mass is 199 g/mol. The first-order valence-electron chi connectivity index (χ1n) is 4.86. The third-order valence-electron chi connectivity index (χ3n) is 1.85. The molecule has 1 aliphatic rings. The lowest BCUT2D eigenvalue weighted by atomic mass is 10.1. The van der Waals surface area contributed by atoms with Crippen LogP contribution in [0.4, 0.5) is 0 Å². The molecule has 80 valence electrons. The summed E-state index contributed by atoms with van der Waals surface area (Å²) in [4.78, 5) is 34.0. The number of nitrogens with zero attached hydrogens (tertiary/aromatic N) is 1. The summed E-state index contributed by atoms with van der Waals surface area (Å²) in [7, 11) is 0. The molecular formula is C10H17NO3. The molecule has 0 N–H and O–H groups in total. The van der Waals surface area contributed by atoms with Gasteiger partial charge in [-0.15, -0.1) is 0 Å². The van der Waals surface area contributed by atoms with E-state index in [1.54, 1.807) is 6.92 Å². The highest BCUT2D eigenvalue weighted by atomic mass is 16.2. The molecule has 14 heavy (non-hydrogen) atoms. The molecular weight excluding hydrogens is 182 g/mol. The maximum absolute atomic E-state index is 11.2. The molecule has 0 aromatic heterocycles. The second-order valence-electron chi connectivity index (χ2n) is 3.13. The van der Waals surface area contributed by atoms with Crippen LogP contribution in [0, 0.1) is 5.92 Å². The van der Waals surface area contributed by atoms with Gasteiger partial charge in [-0.3, -0.25) is 19.3 Å². The van der Waals surface area contributed by atoms with Gasteiger partial charge >= 0.3 is 0 Å². The predicted molar refractivity (Wildman–Crippen MR) is 52.5 cm³/mol. The van der Waals surface area contributed by atoms with Gasteiger partial charge < -0.3 is 0 Å². The maximum atomic E-state index is 11.2. The van der Waals surface area contributed by atoms with Gasteiger partial charge in [0.25, 0.3) is 0 Å². The van der Waals surface area contributed by atoms with Crippen LogP contribution in [0.3, 0.4) is 0 Å². The first kappa shape index (κ1) is 12.8. The smallest absolute Gasteiger partial charge is 0.232 e. The van der Waals surface area contributed by atoms with Gasteiger partial charge in [0.2, 0.25) is 11.8 Å². The molecule has 0 aliphatic carbocycles. The van der Waals surface area contributed by atoms with E-state index >= 15 is 0 Å². The van der Waals surface area contributed by atoms with E-state index in [0.29, 0.717) is 0 Å². The van der Waals surface area contributed by atoms with E-state index in [4.69, 9.17) is 0 Å². The Kier molecular flexibility index (Phi) is 5.05. The van der Waals surface area contributed by atoms with Crippen LogP contribution >= 0.6 is 0 Å². The van der Waals surface area contributed by atoms with Gasteiger partial charge in [-0.1, -0.05) is 20.8 Å². The second kappa shape index (κ2) is 5.52. The van der Waals surface area contributed by atoms with Crippen molar-refractivity contribution in [2.24, 2.45) is 5.92 Å². The van der Waals surface area contributed by atoms with Crippen molar-refractivity contribution in [3.8, 4) is 0 Å². The Labute approximate surface area is 84.3 Å². The minimum atomic E-state index is -0.253. The van der Waals surface area contributed by atoms with E-state index < -0.39 is 0 Å². The summed E-state index contributed by atoms with van der Waals surface area (Å²) >= 11 is 0. The van der Waals surface area contributed by atoms with Gasteiger partial charge in [0.15, 0.2) is 0 Å². The van der Waals surface area contributed by atoms with E-state index in [-0.39, 0.29) is 36.5 Å². The van der Waals surface area contributed by atoms with Crippen LogP contribution in [0.2, 0.25) is 0 Å². The van der Waals surface area contributed by atoms with Crippen molar-refractivity contribution >= 4 is 17.6 Å². The van der Waals surface area contributed by atoms with Gasteiger partial charge in [0.05, 0.1) is 6.54 Å². The van der Waals surface area contributed by atoms with E-state index in [9.17, 15) is 14.4 Å². The summed E-state index contributed by atoms with van der Waals surface area (Å²) < 4.78 is 0. The zero-order chi connectivity index (χ0) is 11.3. The quantitative estimate of drug-likeness (QED) is 0.623. The van der Waals surface area contributed by atoms with Crippen LogP contribution in [-0.4, -0.2) is 29.0 Å². The highest BCUT2D eigenvalue weighted by molar-refractivity contribution is 6.05. The van der Waals surface area contributed by atoms with Crippen molar-refractivity contribution in [2.45, 2.75) is 34.1 Å². The van der Waals surface area contributed by atoms with Crippen molar-refractivity contribution in [1.82, 2.24) is 4.90 Å². The Balaban J connectivity index is 0.000000791. The highest BCUT2D eigenvalue weighted by Crippen LogP contribution is 2.17. The number of ketones is 1. The van der Waals surface area contributed by atoms with Crippen molar-refractivity contribution in [3.05, 3.63) is 0 Å². The summed E-state index contributed by atoms with van der Waals surface area (Å²) in [6, 6.07) is 0. The fourth-order valence-electron chi connectivity index (χ4n) is 1.24. The fraction of sp³-hybridized carbons (Fsp3) is 0.700. The number of carbonyl (C=O) groups excluding carboxylic acids is 3. The van der Waals surface area contributed by atoms with Crippen molar-refractivity contribution in [3.63, 3.8) is 0 Å². The Bertz CT molecular complexity index is 248. The van der Waals surface area contributed by atoms with Crippen molar-refractivity contribution < 1.29 is 14.4 Å². The lowest BCUT2D eigenvalue weighted by Crippen LogP contribution is -2.34. The van der Waals surface area contributed by atoms with Gasteiger partial charge in [-0.2, -0.15) is 0 Å². The van der Waals surface area contributed by atoms with Crippen LogP contribution in [0.5, 0.6) is 0 Å². The molecule has 0 aromatic carbocycles. The second-order valence-corrected chi connectivity index (χ2v) is 3.13. The summed E-state index contributed by atoms with van der Waals surface area (Å²) in [5, 5.41) is 0. The van der Waals surface area contributed by atoms with Gasteiger partial charge in [-0.05, 0) is 6.92 Å².